The average Bonchev–Trinajstić information content (AvgIpc) is 2.45. The molecule has 1 saturated heterocycles. The molecule has 0 bridgehead atoms. The second-order valence-electron chi connectivity index (χ2n) is 5.38. The summed E-state index contributed by atoms with van der Waals surface area (Å²) in [5.41, 5.74) is 0. The lowest BCUT2D eigenvalue weighted by Crippen LogP contribution is -2.29. The van der Waals surface area contributed by atoms with E-state index in [4.69, 9.17) is 4.74 Å². The molecule has 0 aliphatic carbocycles. The van der Waals surface area contributed by atoms with E-state index in [0.29, 0.717) is 18.6 Å². The zero-order valence-corrected chi connectivity index (χ0v) is 13.3. The first-order valence-corrected chi connectivity index (χ1v) is 8.21. The van der Waals surface area contributed by atoms with Gasteiger partial charge in [0.1, 0.15) is 0 Å². The Kier molecular flexibility index (Phi) is 6.50. The second kappa shape index (κ2) is 8.64. The van der Waals surface area contributed by atoms with Crippen molar-refractivity contribution in [3.8, 4) is 6.01 Å². The molecule has 0 radical (unpaired) electrons. The molecule has 0 aromatic carbocycles. The number of nitrogens with one attached hydrogen (secondary N) is 1. The van der Waals surface area contributed by atoms with E-state index in [2.05, 4.69) is 32.1 Å². The molecule has 1 aromatic heterocycles. The van der Waals surface area contributed by atoms with Gasteiger partial charge in [0.25, 0.3) is 0 Å². The number of nitrogens with zero attached hydrogens (tertiary/aromatic N) is 4. The van der Waals surface area contributed by atoms with E-state index < -0.39 is 0 Å². The third kappa shape index (κ3) is 5.02. The Balaban J connectivity index is 2.16. The first-order chi connectivity index (χ1) is 10.3. The van der Waals surface area contributed by atoms with Crippen LogP contribution >= 0.6 is 0 Å². The van der Waals surface area contributed by atoms with Crippen LogP contribution in [0.1, 0.15) is 52.4 Å². The van der Waals surface area contributed by atoms with Crippen molar-refractivity contribution >= 4 is 11.9 Å². The smallest absolute Gasteiger partial charge is 0.323 e. The summed E-state index contributed by atoms with van der Waals surface area (Å²) in [5.74, 6) is 1.35. The highest BCUT2D eigenvalue weighted by Gasteiger charge is 2.15. The second-order valence-corrected chi connectivity index (χ2v) is 5.38. The Labute approximate surface area is 127 Å². The van der Waals surface area contributed by atoms with Crippen LogP contribution in [-0.4, -0.2) is 41.2 Å². The molecule has 1 aliphatic heterocycles. The van der Waals surface area contributed by atoms with Gasteiger partial charge in [0, 0.05) is 19.6 Å². The van der Waals surface area contributed by atoms with Gasteiger partial charge in [-0.25, -0.2) is 0 Å². The van der Waals surface area contributed by atoms with E-state index in [1.165, 1.54) is 32.1 Å². The van der Waals surface area contributed by atoms with Gasteiger partial charge in [-0.2, -0.15) is 15.0 Å². The fourth-order valence-electron chi connectivity index (χ4n) is 2.43. The van der Waals surface area contributed by atoms with Crippen LogP contribution in [0, 0.1) is 0 Å². The Morgan fingerprint density at radius 3 is 2.38 bits per heavy atom. The van der Waals surface area contributed by atoms with E-state index in [1.807, 2.05) is 6.92 Å². The van der Waals surface area contributed by atoms with Crippen LogP contribution in [0.15, 0.2) is 0 Å². The molecular weight excluding hydrogens is 266 g/mol. The fourth-order valence-corrected chi connectivity index (χ4v) is 2.43. The Bertz CT molecular complexity index is 419. The fraction of sp³-hybridized carbons (Fsp3) is 0.800. The Morgan fingerprint density at radius 2 is 1.71 bits per heavy atom. The van der Waals surface area contributed by atoms with Gasteiger partial charge < -0.3 is 15.0 Å². The summed E-state index contributed by atoms with van der Waals surface area (Å²) in [6.07, 6.45) is 7.28. The molecule has 0 amide bonds. The zero-order valence-electron chi connectivity index (χ0n) is 13.3. The van der Waals surface area contributed by atoms with Crippen molar-refractivity contribution < 1.29 is 4.74 Å². The lowest BCUT2D eigenvalue weighted by atomic mass is 10.1. The van der Waals surface area contributed by atoms with E-state index in [1.54, 1.807) is 0 Å². The monoisotopic (exact) mass is 293 g/mol. The number of anilines is 2. The largest absolute Gasteiger partial charge is 0.463 e. The number of ether oxygens (including phenoxy) is 1. The normalized spacial score (nSPS) is 16.2. The standard InChI is InChI=1S/C15H27N5O/c1-3-12-21-15-18-13(16-4-2)17-14(19-15)20-10-8-6-5-7-9-11-20/h3-12H2,1-2H3,(H,16,17,18,19). The van der Waals surface area contributed by atoms with E-state index in [0.717, 1.165) is 32.0 Å². The summed E-state index contributed by atoms with van der Waals surface area (Å²) in [5, 5.41) is 3.16. The van der Waals surface area contributed by atoms with Crippen molar-refractivity contribution in [3.63, 3.8) is 0 Å². The molecule has 2 heterocycles. The summed E-state index contributed by atoms with van der Waals surface area (Å²) in [4.78, 5) is 15.6. The summed E-state index contributed by atoms with van der Waals surface area (Å²) in [6, 6.07) is 0.430. The summed E-state index contributed by atoms with van der Waals surface area (Å²) < 4.78 is 5.60. The van der Waals surface area contributed by atoms with E-state index in [-0.39, 0.29) is 0 Å². The highest BCUT2D eigenvalue weighted by atomic mass is 16.5. The molecule has 0 spiro atoms. The van der Waals surface area contributed by atoms with Crippen molar-refractivity contribution in [3.05, 3.63) is 0 Å². The van der Waals surface area contributed by atoms with Gasteiger partial charge in [0.15, 0.2) is 0 Å². The number of rotatable bonds is 6. The van der Waals surface area contributed by atoms with Crippen molar-refractivity contribution in [1.82, 2.24) is 15.0 Å². The lowest BCUT2D eigenvalue weighted by Gasteiger charge is -2.25. The molecule has 0 unspecified atom stereocenters. The van der Waals surface area contributed by atoms with Crippen LogP contribution in [0.4, 0.5) is 11.9 Å². The summed E-state index contributed by atoms with van der Waals surface area (Å²) in [6.45, 7) is 7.56. The van der Waals surface area contributed by atoms with Crippen LogP contribution in [0.2, 0.25) is 0 Å². The van der Waals surface area contributed by atoms with Crippen molar-refractivity contribution in [2.75, 3.05) is 36.5 Å². The molecule has 1 fully saturated rings. The molecule has 6 nitrogen and oxygen atoms in total. The van der Waals surface area contributed by atoms with Gasteiger partial charge in [-0.1, -0.05) is 26.2 Å². The van der Waals surface area contributed by atoms with Gasteiger partial charge >= 0.3 is 6.01 Å². The SMILES string of the molecule is CCCOc1nc(NCC)nc(N2CCCCCCC2)n1. The summed E-state index contributed by atoms with van der Waals surface area (Å²) in [7, 11) is 0. The molecule has 6 heteroatoms. The Morgan fingerprint density at radius 1 is 1.00 bits per heavy atom. The number of aromatic nitrogens is 3. The topological polar surface area (TPSA) is 63.2 Å². The molecule has 1 N–H and O–H groups in total. The van der Waals surface area contributed by atoms with Gasteiger partial charge in [0.05, 0.1) is 6.61 Å². The van der Waals surface area contributed by atoms with Gasteiger partial charge in [0.2, 0.25) is 11.9 Å². The maximum absolute atomic E-state index is 5.60. The predicted octanol–water partition coefficient (Wildman–Crippen LogP) is 2.86. The molecule has 1 aromatic rings. The first kappa shape index (κ1) is 15.8. The van der Waals surface area contributed by atoms with Crippen LogP contribution < -0.4 is 15.0 Å². The van der Waals surface area contributed by atoms with Crippen molar-refractivity contribution in [2.45, 2.75) is 52.4 Å². The number of hydrogen-bond donors (Lipinski definition) is 1. The van der Waals surface area contributed by atoms with Crippen LogP contribution in [0.3, 0.4) is 0 Å². The molecule has 2 rings (SSSR count). The van der Waals surface area contributed by atoms with Gasteiger partial charge in [-0.15, -0.1) is 0 Å². The highest BCUT2D eigenvalue weighted by molar-refractivity contribution is 5.38. The van der Waals surface area contributed by atoms with E-state index >= 15 is 0 Å². The molecule has 118 valence electrons. The summed E-state index contributed by atoms with van der Waals surface area (Å²) >= 11 is 0. The van der Waals surface area contributed by atoms with E-state index in [9.17, 15) is 0 Å². The first-order valence-electron chi connectivity index (χ1n) is 8.21. The minimum atomic E-state index is 0.430. The van der Waals surface area contributed by atoms with Crippen LogP contribution in [0.25, 0.3) is 0 Å². The highest BCUT2D eigenvalue weighted by Crippen LogP contribution is 2.19. The Hall–Kier alpha value is -1.59. The molecular formula is C15H27N5O. The zero-order chi connectivity index (χ0) is 14.9. The quantitative estimate of drug-likeness (QED) is 0.870. The minimum Gasteiger partial charge on any atom is -0.463 e. The lowest BCUT2D eigenvalue weighted by molar-refractivity contribution is 0.291. The molecule has 21 heavy (non-hydrogen) atoms. The van der Waals surface area contributed by atoms with Gasteiger partial charge in [-0.3, -0.25) is 0 Å². The molecule has 0 atom stereocenters. The van der Waals surface area contributed by atoms with Gasteiger partial charge in [-0.05, 0) is 26.2 Å². The maximum Gasteiger partial charge on any atom is 0.323 e. The predicted molar refractivity (Wildman–Crippen MR) is 85.1 cm³/mol. The van der Waals surface area contributed by atoms with Crippen molar-refractivity contribution in [2.24, 2.45) is 0 Å². The van der Waals surface area contributed by atoms with Crippen LogP contribution in [-0.2, 0) is 0 Å². The number of hydrogen-bond acceptors (Lipinski definition) is 6. The maximum atomic E-state index is 5.60. The molecule has 1 aliphatic rings. The van der Waals surface area contributed by atoms with Crippen molar-refractivity contribution in [1.29, 1.82) is 0 Å². The third-order valence-corrected chi connectivity index (χ3v) is 3.51. The minimum absolute atomic E-state index is 0.430. The molecule has 0 saturated carbocycles. The van der Waals surface area contributed by atoms with Crippen LogP contribution in [0.5, 0.6) is 6.01 Å². The third-order valence-electron chi connectivity index (χ3n) is 3.51. The average molecular weight is 293 g/mol.